The summed E-state index contributed by atoms with van der Waals surface area (Å²) in [6, 6.07) is 5.00. The number of sulfonamides is 1. The molecule has 0 N–H and O–H groups in total. The highest BCUT2D eigenvalue weighted by atomic mass is 32.2. The van der Waals surface area contributed by atoms with Gasteiger partial charge < -0.3 is 9.47 Å². The molecule has 2 atom stereocenters. The second-order valence-electron chi connectivity index (χ2n) is 6.94. The molecule has 9 heteroatoms. The standard InChI is InChI=1S/C19H29N3O5S/c1-5-9-21-10-12-22(13-11-21)28(23,24)17-14-27-20(2)18(17)15-7-6-8-16(25-3)19(15)26-4/h5-8,17-18H,1,9-14H2,2-4H3. The van der Waals surface area contributed by atoms with Crippen LogP contribution in [0.2, 0.25) is 0 Å². The first-order chi connectivity index (χ1) is 13.4. The van der Waals surface area contributed by atoms with Crippen LogP contribution in [0.1, 0.15) is 11.6 Å². The molecule has 0 aromatic heterocycles. The molecule has 1 aromatic rings. The average molecular weight is 412 g/mol. The van der Waals surface area contributed by atoms with Gasteiger partial charge in [0.1, 0.15) is 5.25 Å². The molecule has 0 amide bonds. The molecule has 156 valence electrons. The van der Waals surface area contributed by atoms with E-state index in [1.807, 2.05) is 18.2 Å². The first kappa shape index (κ1) is 21.1. The lowest BCUT2D eigenvalue weighted by Crippen LogP contribution is -2.52. The van der Waals surface area contributed by atoms with Gasteiger partial charge in [-0.05, 0) is 6.07 Å². The van der Waals surface area contributed by atoms with Crippen molar-refractivity contribution >= 4 is 10.0 Å². The van der Waals surface area contributed by atoms with Crippen molar-refractivity contribution in [1.82, 2.24) is 14.3 Å². The number of nitrogens with zero attached hydrogens (tertiary/aromatic N) is 3. The van der Waals surface area contributed by atoms with E-state index in [-0.39, 0.29) is 6.61 Å². The number of rotatable bonds is 7. The van der Waals surface area contributed by atoms with Gasteiger partial charge in [-0.1, -0.05) is 18.2 Å². The Hall–Kier alpha value is -1.65. The number of benzene rings is 1. The van der Waals surface area contributed by atoms with Gasteiger partial charge in [-0.25, -0.2) is 8.42 Å². The molecular weight excluding hydrogens is 382 g/mol. The van der Waals surface area contributed by atoms with Crippen molar-refractivity contribution in [3.05, 3.63) is 36.4 Å². The third kappa shape index (κ3) is 3.90. The van der Waals surface area contributed by atoms with Crippen LogP contribution in [0.25, 0.3) is 0 Å². The summed E-state index contributed by atoms with van der Waals surface area (Å²) in [5.74, 6) is 1.10. The van der Waals surface area contributed by atoms with E-state index >= 15 is 0 Å². The number of hydrogen-bond acceptors (Lipinski definition) is 7. The molecule has 0 bridgehead atoms. The van der Waals surface area contributed by atoms with Gasteiger partial charge in [-0.15, -0.1) is 6.58 Å². The second-order valence-corrected chi connectivity index (χ2v) is 9.09. The molecule has 0 aliphatic carbocycles. The van der Waals surface area contributed by atoms with Crippen LogP contribution >= 0.6 is 0 Å². The maximum atomic E-state index is 13.4. The van der Waals surface area contributed by atoms with E-state index < -0.39 is 21.3 Å². The SMILES string of the molecule is C=CCN1CCN(S(=O)(=O)C2CON(C)C2c2cccc(OC)c2OC)CC1. The molecule has 0 saturated carbocycles. The summed E-state index contributed by atoms with van der Waals surface area (Å²) in [7, 11) is 1.31. The third-order valence-electron chi connectivity index (χ3n) is 5.40. The average Bonchev–Trinajstić information content (AvgIpc) is 3.10. The molecule has 28 heavy (non-hydrogen) atoms. The molecule has 2 unspecified atom stereocenters. The highest BCUT2D eigenvalue weighted by molar-refractivity contribution is 7.89. The second kappa shape index (κ2) is 8.79. The topological polar surface area (TPSA) is 71.6 Å². The lowest BCUT2D eigenvalue weighted by atomic mass is 10.0. The minimum absolute atomic E-state index is 0.108. The van der Waals surface area contributed by atoms with Crippen LogP contribution in [-0.4, -0.2) is 88.5 Å². The summed E-state index contributed by atoms with van der Waals surface area (Å²) in [6.45, 7) is 6.96. The highest BCUT2D eigenvalue weighted by Gasteiger charge is 2.47. The zero-order valence-electron chi connectivity index (χ0n) is 16.7. The van der Waals surface area contributed by atoms with Gasteiger partial charge in [-0.3, -0.25) is 9.74 Å². The van der Waals surface area contributed by atoms with Crippen LogP contribution < -0.4 is 9.47 Å². The van der Waals surface area contributed by atoms with E-state index in [1.54, 1.807) is 36.7 Å². The first-order valence-electron chi connectivity index (χ1n) is 9.32. The van der Waals surface area contributed by atoms with Crippen molar-refractivity contribution in [2.45, 2.75) is 11.3 Å². The molecule has 1 aromatic carbocycles. The third-order valence-corrected chi connectivity index (χ3v) is 7.64. The molecule has 2 aliphatic rings. The quantitative estimate of drug-likeness (QED) is 0.623. The van der Waals surface area contributed by atoms with Crippen molar-refractivity contribution in [3.63, 3.8) is 0 Å². The van der Waals surface area contributed by atoms with Crippen LogP contribution in [0.4, 0.5) is 0 Å². The fraction of sp³-hybridized carbons (Fsp3) is 0.579. The van der Waals surface area contributed by atoms with E-state index in [1.165, 1.54) is 0 Å². The largest absolute Gasteiger partial charge is 0.493 e. The predicted octanol–water partition coefficient (Wildman–Crippen LogP) is 1.12. The number of hydrogen-bond donors (Lipinski definition) is 0. The molecule has 2 heterocycles. The molecule has 0 spiro atoms. The van der Waals surface area contributed by atoms with E-state index in [0.29, 0.717) is 37.7 Å². The summed E-state index contributed by atoms with van der Waals surface area (Å²) in [6.07, 6.45) is 1.84. The Labute approximate surface area is 167 Å². The normalized spacial score (nSPS) is 25.0. The Bertz CT molecular complexity index is 793. The smallest absolute Gasteiger partial charge is 0.221 e. The van der Waals surface area contributed by atoms with Crippen molar-refractivity contribution in [2.75, 3.05) is 60.6 Å². The summed E-state index contributed by atoms with van der Waals surface area (Å²) in [5, 5.41) is 0.887. The van der Waals surface area contributed by atoms with Crippen molar-refractivity contribution < 1.29 is 22.7 Å². The van der Waals surface area contributed by atoms with Crippen LogP contribution in [-0.2, 0) is 14.9 Å². The monoisotopic (exact) mass is 411 g/mol. The molecule has 2 saturated heterocycles. The van der Waals surface area contributed by atoms with Gasteiger partial charge in [0.25, 0.3) is 0 Å². The molecule has 3 rings (SSSR count). The molecule has 2 aliphatic heterocycles. The fourth-order valence-corrected chi connectivity index (χ4v) is 5.86. The number of ether oxygens (including phenoxy) is 2. The predicted molar refractivity (Wildman–Crippen MR) is 107 cm³/mol. The minimum Gasteiger partial charge on any atom is -0.493 e. The van der Waals surface area contributed by atoms with Crippen LogP contribution in [0.5, 0.6) is 11.5 Å². The summed E-state index contributed by atoms with van der Waals surface area (Å²) in [5.41, 5.74) is 0.737. The molecule has 2 fully saturated rings. The first-order valence-corrected chi connectivity index (χ1v) is 10.8. The van der Waals surface area contributed by atoms with E-state index in [9.17, 15) is 8.42 Å². The Kier molecular flexibility index (Phi) is 6.61. The lowest BCUT2D eigenvalue weighted by molar-refractivity contribution is -0.110. The Morgan fingerprint density at radius 1 is 1.21 bits per heavy atom. The zero-order chi connectivity index (χ0) is 20.3. The van der Waals surface area contributed by atoms with Gasteiger partial charge in [0, 0.05) is 45.3 Å². The van der Waals surface area contributed by atoms with Gasteiger partial charge in [-0.2, -0.15) is 9.37 Å². The minimum atomic E-state index is -3.56. The molecule has 8 nitrogen and oxygen atoms in total. The Morgan fingerprint density at radius 3 is 2.54 bits per heavy atom. The summed E-state index contributed by atoms with van der Waals surface area (Å²) >= 11 is 0. The Balaban J connectivity index is 1.88. The fourth-order valence-electron chi connectivity index (χ4n) is 3.93. The Morgan fingerprint density at radius 2 is 1.93 bits per heavy atom. The summed E-state index contributed by atoms with van der Waals surface area (Å²) in [4.78, 5) is 7.84. The maximum Gasteiger partial charge on any atom is 0.221 e. The van der Waals surface area contributed by atoms with Gasteiger partial charge in [0.15, 0.2) is 11.5 Å². The molecule has 0 radical (unpaired) electrons. The van der Waals surface area contributed by atoms with Crippen molar-refractivity contribution in [2.24, 2.45) is 0 Å². The highest BCUT2D eigenvalue weighted by Crippen LogP contribution is 2.42. The van der Waals surface area contributed by atoms with Crippen LogP contribution in [0, 0.1) is 0 Å². The van der Waals surface area contributed by atoms with Crippen molar-refractivity contribution in [1.29, 1.82) is 0 Å². The van der Waals surface area contributed by atoms with Crippen LogP contribution in [0.3, 0.4) is 0 Å². The number of methoxy groups -OCH3 is 2. The van der Waals surface area contributed by atoms with Gasteiger partial charge >= 0.3 is 0 Å². The van der Waals surface area contributed by atoms with Crippen molar-refractivity contribution in [3.8, 4) is 11.5 Å². The van der Waals surface area contributed by atoms with Crippen LogP contribution in [0.15, 0.2) is 30.9 Å². The van der Waals surface area contributed by atoms with E-state index in [2.05, 4.69) is 11.5 Å². The van der Waals surface area contributed by atoms with Gasteiger partial charge in [0.05, 0.1) is 26.9 Å². The number of para-hydroxylation sites is 1. The zero-order valence-corrected chi connectivity index (χ0v) is 17.5. The van der Waals surface area contributed by atoms with E-state index in [4.69, 9.17) is 14.3 Å². The number of hydroxylamine groups is 2. The molecular formula is C19H29N3O5S. The van der Waals surface area contributed by atoms with E-state index in [0.717, 1.165) is 12.1 Å². The summed E-state index contributed by atoms with van der Waals surface area (Å²) < 4.78 is 39.4. The van der Waals surface area contributed by atoms with Gasteiger partial charge in [0.2, 0.25) is 10.0 Å². The lowest BCUT2D eigenvalue weighted by Gasteiger charge is -2.35. The number of piperazine rings is 1. The maximum absolute atomic E-state index is 13.4.